The quantitative estimate of drug-likeness (QED) is 0.516. The molecule has 5 nitrogen and oxygen atoms in total. The first-order valence-corrected chi connectivity index (χ1v) is 9.22. The number of hydrogen-bond donors (Lipinski definition) is 0. The van der Waals surface area contributed by atoms with Crippen LogP contribution in [0, 0.1) is 6.92 Å². The molecule has 0 saturated heterocycles. The SMILES string of the molecule is Cc1cc2nc(COc3ccc(C(C)(C)c4ccccc4)cc3)cc(=O)n2o1. The molecule has 2 aromatic carbocycles. The number of rotatable bonds is 5. The van der Waals surface area contributed by atoms with E-state index < -0.39 is 0 Å². The zero-order valence-electron chi connectivity index (χ0n) is 16.2. The lowest BCUT2D eigenvalue weighted by molar-refractivity contribution is 0.298. The van der Waals surface area contributed by atoms with Crippen molar-refractivity contribution in [2.45, 2.75) is 32.8 Å². The summed E-state index contributed by atoms with van der Waals surface area (Å²) in [5, 5.41) is 0. The minimum atomic E-state index is -0.253. The minimum absolute atomic E-state index is 0.0970. The monoisotopic (exact) mass is 374 g/mol. The Morgan fingerprint density at radius 1 is 1.00 bits per heavy atom. The molecule has 0 spiro atoms. The first-order valence-electron chi connectivity index (χ1n) is 9.22. The smallest absolute Gasteiger partial charge is 0.287 e. The van der Waals surface area contributed by atoms with Crippen molar-refractivity contribution < 1.29 is 9.26 Å². The molecule has 0 saturated carbocycles. The fourth-order valence-corrected chi connectivity index (χ4v) is 3.29. The zero-order valence-corrected chi connectivity index (χ0v) is 16.2. The van der Waals surface area contributed by atoms with E-state index in [2.05, 4.69) is 55.2 Å². The maximum absolute atomic E-state index is 12.1. The van der Waals surface area contributed by atoms with Gasteiger partial charge in [0.1, 0.15) is 18.1 Å². The summed E-state index contributed by atoms with van der Waals surface area (Å²) < 4.78 is 12.3. The Hall–Kier alpha value is -3.34. The van der Waals surface area contributed by atoms with Crippen LogP contribution < -0.4 is 10.3 Å². The fourth-order valence-electron chi connectivity index (χ4n) is 3.29. The van der Waals surface area contributed by atoms with Crippen LogP contribution in [0.2, 0.25) is 0 Å². The molecule has 2 aromatic heterocycles. The summed E-state index contributed by atoms with van der Waals surface area (Å²) in [5.41, 5.74) is 3.18. The van der Waals surface area contributed by atoms with E-state index in [0.717, 1.165) is 5.75 Å². The largest absolute Gasteiger partial charge is 0.487 e. The van der Waals surface area contributed by atoms with E-state index in [1.54, 1.807) is 13.0 Å². The van der Waals surface area contributed by atoms with E-state index >= 15 is 0 Å². The fraction of sp³-hybridized carbons (Fsp3) is 0.217. The Kier molecular flexibility index (Phi) is 4.51. The molecule has 0 fully saturated rings. The van der Waals surface area contributed by atoms with E-state index in [1.807, 2.05) is 18.2 Å². The maximum Gasteiger partial charge on any atom is 0.287 e. The highest BCUT2D eigenvalue weighted by molar-refractivity contribution is 5.40. The van der Waals surface area contributed by atoms with Gasteiger partial charge in [-0.1, -0.05) is 56.3 Å². The van der Waals surface area contributed by atoms with Gasteiger partial charge in [0.15, 0.2) is 5.65 Å². The molecular formula is C23H22N2O3. The minimum Gasteiger partial charge on any atom is -0.487 e. The van der Waals surface area contributed by atoms with Gasteiger partial charge in [-0.15, -0.1) is 4.57 Å². The second-order valence-electron chi connectivity index (χ2n) is 7.39. The highest BCUT2D eigenvalue weighted by atomic mass is 16.5. The summed E-state index contributed by atoms with van der Waals surface area (Å²) in [6, 6.07) is 21.6. The molecule has 142 valence electrons. The molecular weight excluding hydrogens is 352 g/mol. The third kappa shape index (κ3) is 3.43. The van der Waals surface area contributed by atoms with Crippen LogP contribution >= 0.6 is 0 Å². The number of ether oxygens (including phenoxy) is 1. The van der Waals surface area contributed by atoms with Gasteiger partial charge >= 0.3 is 0 Å². The van der Waals surface area contributed by atoms with Crippen molar-refractivity contribution in [3.8, 4) is 5.75 Å². The van der Waals surface area contributed by atoms with Crippen LogP contribution in [-0.4, -0.2) is 9.56 Å². The highest BCUT2D eigenvalue weighted by Crippen LogP contribution is 2.32. The molecule has 5 heteroatoms. The Morgan fingerprint density at radius 2 is 1.68 bits per heavy atom. The van der Waals surface area contributed by atoms with E-state index in [1.165, 1.54) is 21.8 Å². The molecule has 4 aromatic rings. The topological polar surface area (TPSA) is 56.7 Å². The Labute approximate surface area is 163 Å². The van der Waals surface area contributed by atoms with Gasteiger partial charge in [0, 0.05) is 17.5 Å². The number of aryl methyl sites for hydroxylation is 1. The van der Waals surface area contributed by atoms with Crippen molar-refractivity contribution in [3.05, 3.63) is 99.7 Å². The molecule has 0 amide bonds. The Balaban J connectivity index is 1.50. The third-order valence-corrected chi connectivity index (χ3v) is 4.98. The van der Waals surface area contributed by atoms with Crippen molar-refractivity contribution in [1.82, 2.24) is 9.56 Å². The van der Waals surface area contributed by atoms with Gasteiger partial charge in [0.2, 0.25) is 0 Å². The summed E-state index contributed by atoms with van der Waals surface area (Å²) in [7, 11) is 0. The summed E-state index contributed by atoms with van der Waals surface area (Å²) >= 11 is 0. The van der Waals surface area contributed by atoms with Crippen molar-refractivity contribution in [3.63, 3.8) is 0 Å². The van der Waals surface area contributed by atoms with E-state index in [0.29, 0.717) is 17.1 Å². The Morgan fingerprint density at radius 3 is 2.39 bits per heavy atom. The van der Waals surface area contributed by atoms with Gasteiger partial charge in [-0.2, -0.15) is 0 Å². The summed E-state index contributed by atoms with van der Waals surface area (Å²) in [4.78, 5) is 16.5. The summed E-state index contributed by atoms with van der Waals surface area (Å²) in [5.74, 6) is 1.37. The predicted octanol–water partition coefficient (Wildman–Crippen LogP) is 4.50. The molecule has 0 N–H and O–H groups in total. The average molecular weight is 374 g/mol. The van der Waals surface area contributed by atoms with Crippen LogP contribution in [-0.2, 0) is 12.0 Å². The molecule has 28 heavy (non-hydrogen) atoms. The Bertz CT molecular complexity index is 1160. The second kappa shape index (κ2) is 7.00. The number of hydrogen-bond acceptors (Lipinski definition) is 4. The van der Waals surface area contributed by atoms with E-state index in [9.17, 15) is 4.79 Å². The lowest BCUT2D eigenvalue weighted by atomic mass is 9.78. The normalized spacial score (nSPS) is 11.7. The number of benzene rings is 2. The molecule has 0 atom stereocenters. The van der Waals surface area contributed by atoms with Gasteiger partial charge in [-0.3, -0.25) is 4.79 Å². The first-order chi connectivity index (χ1) is 13.4. The molecule has 0 unspecified atom stereocenters. The maximum atomic E-state index is 12.1. The number of nitrogens with zero attached hydrogens (tertiary/aromatic N) is 2. The van der Waals surface area contributed by atoms with Crippen LogP contribution in [0.1, 0.15) is 36.4 Å². The molecule has 4 rings (SSSR count). The molecule has 0 radical (unpaired) electrons. The first kappa shape index (κ1) is 18.0. The van der Waals surface area contributed by atoms with Gasteiger partial charge < -0.3 is 9.26 Å². The third-order valence-electron chi connectivity index (χ3n) is 4.98. The van der Waals surface area contributed by atoms with Gasteiger partial charge in [-0.25, -0.2) is 4.98 Å². The van der Waals surface area contributed by atoms with Crippen LogP contribution in [0.3, 0.4) is 0 Å². The van der Waals surface area contributed by atoms with Crippen molar-refractivity contribution in [1.29, 1.82) is 0 Å². The standard InChI is InChI=1S/C23H22N2O3/c1-16-13-21-24-19(14-22(26)25(21)28-16)15-27-20-11-9-18(10-12-20)23(2,3)17-7-5-4-6-8-17/h4-14H,15H2,1-3H3. The van der Waals surface area contributed by atoms with Crippen LogP contribution in [0.5, 0.6) is 5.75 Å². The summed E-state index contributed by atoms with van der Waals surface area (Å²) in [6.45, 7) is 6.41. The van der Waals surface area contributed by atoms with Gasteiger partial charge in [0.05, 0.1) is 5.69 Å². The van der Waals surface area contributed by atoms with Crippen molar-refractivity contribution in [2.75, 3.05) is 0 Å². The molecule has 0 bridgehead atoms. The molecule has 0 aliphatic heterocycles. The van der Waals surface area contributed by atoms with E-state index in [-0.39, 0.29) is 17.6 Å². The summed E-state index contributed by atoms with van der Waals surface area (Å²) in [6.07, 6.45) is 0. The van der Waals surface area contributed by atoms with Crippen molar-refractivity contribution in [2.24, 2.45) is 0 Å². The molecule has 0 aliphatic carbocycles. The van der Waals surface area contributed by atoms with Crippen LogP contribution in [0.25, 0.3) is 5.65 Å². The predicted molar refractivity (Wildman–Crippen MR) is 108 cm³/mol. The second-order valence-corrected chi connectivity index (χ2v) is 7.39. The van der Waals surface area contributed by atoms with E-state index in [4.69, 9.17) is 9.26 Å². The lowest BCUT2D eigenvalue weighted by Gasteiger charge is -2.26. The lowest BCUT2D eigenvalue weighted by Crippen LogP contribution is -2.18. The van der Waals surface area contributed by atoms with Gasteiger partial charge in [0.25, 0.3) is 5.56 Å². The van der Waals surface area contributed by atoms with Crippen LogP contribution in [0.15, 0.2) is 76.0 Å². The zero-order chi connectivity index (χ0) is 19.7. The highest BCUT2D eigenvalue weighted by Gasteiger charge is 2.22. The molecule has 0 aliphatic rings. The van der Waals surface area contributed by atoms with Crippen molar-refractivity contribution >= 4 is 5.65 Å². The average Bonchev–Trinajstić information content (AvgIpc) is 3.08. The van der Waals surface area contributed by atoms with Gasteiger partial charge in [-0.05, 0) is 30.2 Å². The number of aromatic nitrogens is 2. The molecule has 2 heterocycles. The van der Waals surface area contributed by atoms with Crippen LogP contribution in [0.4, 0.5) is 0 Å². The number of fused-ring (bicyclic) bond motifs is 1.